The van der Waals surface area contributed by atoms with Crippen LogP contribution in [0.15, 0.2) is 48.5 Å². The summed E-state index contributed by atoms with van der Waals surface area (Å²) in [6.45, 7) is 3.19. The van der Waals surface area contributed by atoms with Crippen LogP contribution in [0.5, 0.6) is 23.0 Å². The highest BCUT2D eigenvalue weighted by Crippen LogP contribution is 2.39. The number of hydrogen-bond acceptors (Lipinski definition) is 8. The van der Waals surface area contributed by atoms with Crippen LogP contribution in [0.25, 0.3) is 0 Å². The zero-order chi connectivity index (χ0) is 35.1. The number of ether oxygens (including phenoxy) is 2. The first-order chi connectivity index (χ1) is 22.3. The standard InChI is InChI=1S/C30H30F4N4O8S2/c1-29(11-13-47(41,42)15-29)37-27(39)35-17-3-7-19(8-4-17)45-25-21(31)23(33)26(24(34)22(25)32)46-20-9-5-18(6-10-20)36-28(40)38-30(2)12-14-48(43,44)16-30/h3-10H,11-16H2,1-2H3,(H2,35,37,39)(H2,36,38,40). The Labute approximate surface area is 273 Å². The minimum absolute atomic E-state index is 0.0530. The summed E-state index contributed by atoms with van der Waals surface area (Å²) in [6.07, 6.45) is 0.483. The third-order valence-corrected chi connectivity index (χ3v) is 11.5. The molecule has 48 heavy (non-hydrogen) atoms. The molecule has 3 aromatic carbocycles. The van der Waals surface area contributed by atoms with E-state index < -0.39 is 77.6 Å². The van der Waals surface area contributed by atoms with Gasteiger partial charge >= 0.3 is 12.1 Å². The highest BCUT2D eigenvalue weighted by Gasteiger charge is 2.40. The number of carbonyl (C=O) groups is 2. The van der Waals surface area contributed by atoms with Gasteiger partial charge in [-0.05, 0) is 75.2 Å². The maximum atomic E-state index is 14.9. The summed E-state index contributed by atoms with van der Waals surface area (Å²) in [6, 6.07) is 8.42. The van der Waals surface area contributed by atoms with E-state index in [0.29, 0.717) is 0 Å². The molecule has 2 atom stereocenters. The monoisotopic (exact) mass is 714 g/mol. The summed E-state index contributed by atoms with van der Waals surface area (Å²) >= 11 is 0. The number of rotatable bonds is 8. The molecule has 0 radical (unpaired) electrons. The van der Waals surface area contributed by atoms with Crippen molar-refractivity contribution in [1.29, 1.82) is 0 Å². The number of amides is 4. The van der Waals surface area contributed by atoms with E-state index >= 15 is 0 Å². The van der Waals surface area contributed by atoms with E-state index in [-0.39, 0.29) is 58.7 Å². The van der Waals surface area contributed by atoms with Crippen molar-refractivity contribution in [3.8, 4) is 23.0 Å². The Morgan fingerprint density at radius 1 is 0.604 bits per heavy atom. The van der Waals surface area contributed by atoms with Crippen LogP contribution in [0, 0.1) is 23.3 Å². The Morgan fingerprint density at radius 3 is 1.19 bits per heavy atom. The van der Waals surface area contributed by atoms with Crippen molar-refractivity contribution < 1.29 is 53.5 Å². The van der Waals surface area contributed by atoms with Crippen molar-refractivity contribution in [3.05, 3.63) is 71.8 Å². The lowest BCUT2D eigenvalue weighted by Gasteiger charge is -2.24. The van der Waals surface area contributed by atoms with E-state index in [1.165, 1.54) is 48.5 Å². The van der Waals surface area contributed by atoms with Crippen LogP contribution in [0.2, 0.25) is 0 Å². The number of hydrogen-bond donors (Lipinski definition) is 4. The molecule has 2 aliphatic rings. The zero-order valence-electron chi connectivity index (χ0n) is 25.5. The van der Waals surface area contributed by atoms with Gasteiger partial charge in [-0.1, -0.05) is 0 Å². The molecule has 258 valence electrons. The zero-order valence-corrected chi connectivity index (χ0v) is 27.1. The summed E-state index contributed by atoms with van der Waals surface area (Å²) in [5, 5.41) is 10.2. The number of nitrogens with one attached hydrogen (secondary N) is 4. The molecule has 12 nitrogen and oxygen atoms in total. The first kappa shape index (κ1) is 34.7. The lowest BCUT2D eigenvalue weighted by molar-refractivity contribution is 0.241. The van der Waals surface area contributed by atoms with Crippen LogP contribution in [-0.2, 0) is 19.7 Å². The second-order valence-corrected chi connectivity index (χ2v) is 16.5. The predicted octanol–water partition coefficient (Wildman–Crippen LogP) is 5.23. The topological polar surface area (TPSA) is 169 Å². The van der Waals surface area contributed by atoms with Crippen molar-refractivity contribution in [2.75, 3.05) is 33.6 Å². The van der Waals surface area contributed by atoms with E-state index in [4.69, 9.17) is 9.47 Å². The summed E-state index contributed by atoms with van der Waals surface area (Å²) in [7, 11) is -6.52. The summed E-state index contributed by atoms with van der Waals surface area (Å²) in [5.41, 5.74) is -1.50. The molecule has 0 bridgehead atoms. The first-order valence-electron chi connectivity index (χ1n) is 14.4. The van der Waals surface area contributed by atoms with Crippen molar-refractivity contribution in [2.24, 2.45) is 0 Å². The molecule has 2 unspecified atom stereocenters. The van der Waals surface area contributed by atoms with Crippen LogP contribution in [0.1, 0.15) is 26.7 Å². The molecular formula is C30H30F4N4O8S2. The Hall–Kier alpha value is -4.58. The third kappa shape index (κ3) is 8.10. The van der Waals surface area contributed by atoms with Crippen molar-refractivity contribution in [2.45, 2.75) is 37.8 Å². The number of halogens is 4. The van der Waals surface area contributed by atoms with Crippen LogP contribution in [0.4, 0.5) is 38.5 Å². The van der Waals surface area contributed by atoms with Gasteiger partial charge in [-0.15, -0.1) is 0 Å². The van der Waals surface area contributed by atoms with E-state index in [1.54, 1.807) is 13.8 Å². The fourth-order valence-corrected chi connectivity index (χ4v) is 9.50. The molecule has 2 fully saturated rings. The third-order valence-electron chi connectivity index (χ3n) is 7.68. The molecular weight excluding hydrogens is 684 g/mol. The van der Waals surface area contributed by atoms with Gasteiger partial charge in [0, 0.05) is 11.4 Å². The fourth-order valence-electron chi connectivity index (χ4n) is 5.31. The SMILES string of the molecule is CC1(NC(=O)Nc2ccc(Oc3c(F)c(F)c(Oc4ccc(NC(=O)NC5(C)CCS(=O)(=O)C5)cc4)c(F)c3F)cc2)CCS(=O)(=O)C1. The van der Waals surface area contributed by atoms with Gasteiger partial charge in [0.05, 0.1) is 34.1 Å². The van der Waals surface area contributed by atoms with Gasteiger partial charge in [0.15, 0.2) is 19.7 Å². The molecule has 2 heterocycles. The van der Waals surface area contributed by atoms with Gasteiger partial charge in [-0.3, -0.25) is 0 Å². The lowest BCUT2D eigenvalue weighted by atomic mass is 10.0. The highest BCUT2D eigenvalue weighted by atomic mass is 32.2. The summed E-state index contributed by atoms with van der Waals surface area (Å²) in [4.78, 5) is 24.7. The number of carbonyl (C=O) groups excluding carboxylic acids is 2. The number of benzene rings is 3. The fraction of sp³-hybridized carbons (Fsp3) is 0.333. The predicted molar refractivity (Wildman–Crippen MR) is 167 cm³/mol. The maximum absolute atomic E-state index is 14.9. The molecule has 2 saturated heterocycles. The van der Waals surface area contributed by atoms with Crippen molar-refractivity contribution >= 4 is 43.1 Å². The van der Waals surface area contributed by atoms with Crippen LogP contribution in [-0.4, -0.2) is 63.0 Å². The molecule has 4 amide bonds. The second kappa shape index (κ2) is 12.8. The van der Waals surface area contributed by atoms with Crippen molar-refractivity contribution in [3.63, 3.8) is 0 Å². The average molecular weight is 715 g/mol. The molecule has 4 N–H and O–H groups in total. The van der Waals surface area contributed by atoms with Crippen LogP contribution in [0.3, 0.4) is 0 Å². The second-order valence-electron chi connectivity index (χ2n) is 12.1. The van der Waals surface area contributed by atoms with Crippen molar-refractivity contribution in [1.82, 2.24) is 10.6 Å². The molecule has 18 heteroatoms. The Kier molecular flexibility index (Phi) is 9.26. The van der Waals surface area contributed by atoms with E-state index in [0.717, 1.165) is 0 Å². The average Bonchev–Trinajstić information content (AvgIpc) is 3.44. The van der Waals surface area contributed by atoms with E-state index in [1.807, 2.05) is 0 Å². The quantitative estimate of drug-likeness (QED) is 0.182. The number of anilines is 2. The molecule has 0 aliphatic carbocycles. The van der Waals surface area contributed by atoms with Gasteiger partial charge in [0.2, 0.25) is 34.8 Å². The number of sulfone groups is 2. The highest BCUT2D eigenvalue weighted by molar-refractivity contribution is 7.92. The smallest absolute Gasteiger partial charge is 0.319 e. The summed E-state index contributed by atoms with van der Waals surface area (Å²) < 4.78 is 117. The normalized spacial score (nSPS) is 22.5. The van der Waals surface area contributed by atoms with Gasteiger partial charge in [-0.2, -0.15) is 17.6 Å². The molecule has 3 aromatic rings. The minimum atomic E-state index is -3.26. The number of urea groups is 2. The van der Waals surface area contributed by atoms with Crippen LogP contribution >= 0.6 is 0 Å². The summed E-state index contributed by atoms with van der Waals surface area (Å²) in [5.74, 6) is -11.3. The largest absolute Gasteiger partial charge is 0.451 e. The lowest BCUT2D eigenvalue weighted by Crippen LogP contribution is -2.48. The van der Waals surface area contributed by atoms with Crippen LogP contribution < -0.4 is 30.7 Å². The molecule has 0 saturated carbocycles. The van der Waals surface area contributed by atoms with E-state index in [9.17, 15) is 44.0 Å². The Balaban J connectivity index is 1.20. The van der Waals surface area contributed by atoms with Gasteiger partial charge < -0.3 is 30.7 Å². The van der Waals surface area contributed by atoms with Gasteiger partial charge in [-0.25, -0.2) is 26.4 Å². The maximum Gasteiger partial charge on any atom is 0.319 e. The molecule has 0 aromatic heterocycles. The Morgan fingerprint density at radius 2 is 0.917 bits per heavy atom. The Bertz CT molecular complexity index is 1810. The first-order valence-corrected chi connectivity index (χ1v) is 18.0. The van der Waals surface area contributed by atoms with E-state index in [2.05, 4.69) is 21.3 Å². The van der Waals surface area contributed by atoms with Gasteiger partial charge in [0.1, 0.15) is 11.5 Å². The minimum Gasteiger partial charge on any atom is -0.451 e. The molecule has 2 aliphatic heterocycles. The molecule has 5 rings (SSSR count). The van der Waals surface area contributed by atoms with Gasteiger partial charge in [0.25, 0.3) is 0 Å². The molecule has 0 spiro atoms.